The number of carboxylic acids is 1. The molecule has 2 rings (SSSR count). The second-order valence-electron chi connectivity index (χ2n) is 5.00. The summed E-state index contributed by atoms with van der Waals surface area (Å²) in [6.07, 6.45) is -3.14. The molecule has 118 valence electrons. The number of carbonyl (C=O) groups is 2. The van der Waals surface area contributed by atoms with Crippen LogP contribution in [0.3, 0.4) is 0 Å². The van der Waals surface area contributed by atoms with Crippen molar-refractivity contribution in [3.63, 3.8) is 0 Å². The van der Waals surface area contributed by atoms with E-state index in [0.717, 1.165) is 12.1 Å². The third kappa shape index (κ3) is 3.66. The first-order chi connectivity index (χ1) is 10.3. The van der Waals surface area contributed by atoms with Crippen LogP contribution in [0.5, 0.6) is 0 Å². The molecule has 0 fully saturated rings. The minimum absolute atomic E-state index is 0.0842. The van der Waals surface area contributed by atoms with E-state index in [-0.39, 0.29) is 17.7 Å². The fourth-order valence-corrected chi connectivity index (χ4v) is 2.38. The average molecular weight is 313 g/mol. The first-order valence-corrected chi connectivity index (χ1v) is 6.68. The minimum Gasteiger partial charge on any atom is -0.478 e. The Hall–Kier alpha value is -2.31. The molecular weight excluding hydrogens is 299 g/mol. The molecule has 2 N–H and O–H groups in total. The van der Waals surface area contributed by atoms with E-state index in [1.54, 1.807) is 0 Å². The number of alkyl halides is 3. The van der Waals surface area contributed by atoms with Crippen LogP contribution in [0.2, 0.25) is 0 Å². The lowest BCUT2D eigenvalue weighted by molar-refractivity contribution is -0.137. The summed E-state index contributed by atoms with van der Waals surface area (Å²) in [5, 5.41) is 11.5. The van der Waals surface area contributed by atoms with E-state index in [0.29, 0.717) is 24.8 Å². The molecule has 7 heteroatoms. The Kier molecular flexibility index (Phi) is 4.54. The molecule has 1 aromatic rings. The van der Waals surface area contributed by atoms with E-state index in [1.807, 2.05) is 0 Å². The van der Waals surface area contributed by atoms with Gasteiger partial charge < -0.3 is 10.4 Å². The molecule has 0 aliphatic heterocycles. The van der Waals surface area contributed by atoms with Crippen molar-refractivity contribution < 1.29 is 27.9 Å². The van der Waals surface area contributed by atoms with Crippen LogP contribution in [0.1, 0.15) is 30.4 Å². The highest BCUT2D eigenvalue weighted by Crippen LogP contribution is 2.29. The van der Waals surface area contributed by atoms with E-state index in [9.17, 15) is 22.8 Å². The van der Waals surface area contributed by atoms with Crippen molar-refractivity contribution >= 4 is 11.9 Å². The standard InChI is InChI=1S/C15H14F3NO3/c16-15(17,18)10-4-1-3-9(7-10)8-19-13(20)11-5-2-6-12(11)14(21)22/h1,3-4,7H,2,5-6,8H2,(H,19,20)(H,21,22). The second kappa shape index (κ2) is 6.21. The fourth-order valence-electron chi connectivity index (χ4n) is 2.38. The third-order valence-corrected chi connectivity index (χ3v) is 3.46. The molecule has 0 unspecified atom stereocenters. The van der Waals surface area contributed by atoms with Crippen molar-refractivity contribution in [3.05, 3.63) is 46.5 Å². The third-order valence-electron chi connectivity index (χ3n) is 3.46. The molecule has 1 aliphatic carbocycles. The Labute approximate surface area is 124 Å². The first-order valence-electron chi connectivity index (χ1n) is 6.68. The molecular formula is C15H14F3NO3. The Bertz CT molecular complexity index is 635. The highest BCUT2D eigenvalue weighted by molar-refractivity contribution is 6.02. The molecule has 0 bridgehead atoms. The van der Waals surface area contributed by atoms with Crippen molar-refractivity contribution in [2.45, 2.75) is 32.0 Å². The molecule has 22 heavy (non-hydrogen) atoms. The van der Waals surface area contributed by atoms with Crippen LogP contribution >= 0.6 is 0 Å². The zero-order valence-electron chi connectivity index (χ0n) is 11.5. The lowest BCUT2D eigenvalue weighted by Gasteiger charge is -2.10. The summed E-state index contributed by atoms with van der Waals surface area (Å²) < 4.78 is 37.8. The van der Waals surface area contributed by atoms with E-state index in [4.69, 9.17) is 5.11 Å². The summed E-state index contributed by atoms with van der Waals surface area (Å²) in [5.41, 5.74) is -0.190. The maximum absolute atomic E-state index is 12.6. The van der Waals surface area contributed by atoms with Crippen LogP contribution in [0.25, 0.3) is 0 Å². The summed E-state index contributed by atoms with van der Waals surface area (Å²) in [7, 11) is 0. The maximum Gasteiger partial charge on any atom is 0.416 e. The molecule has 4 nitrogen and oxygen atoms in total. The molecule has 0 radical (unpaired) electrons. The van der Waals surface area contributed by atoms with Gasteiger partial charge in [-0.25, -0.2) is 4.79 Å². The lowest BCUT2D eigenvalue weighted by atomic mass is 10.1. The van der Waals surface area contributed by atoms with Gasteiger partial charge in [-0.05, 0) is 37.0 Å². The topological polar surface area (TPSA) is 66.4 Å². The normalized spacial score (nSPS) is 15.0. The van der Waals surface area contributed by atoms with Crippen LogP contribution in [0, 0.1) is 0 Å². The van der Waals surface area contributed by atoms with Crippen LogP contribution in [-0.2, 0) is 22.3 Å². The highest BCUT2D eigenvalue weighted by Gasteiger charge is 2.30. The summed E-state index contributed by atoms with van der Waals surface area (Å²) in [5.74, 6) is -1.66. The molecule has 1 aromatic carbocycles. The van der Waals surface area contributed by atoms with Crippen LogP contribution in [0.4, 0.5) is 13.2 Å². The molecule has 0 heterocycles. The Morgan fingerprint density at radius 2 is 1.86 bits per heavy atom. The summed E-state index contributed by atoms with van der Waals surface area (Å²) in [4.78, 5) is 22.9. The van der Waals surface area contributed by atoms with Crippen molar-refractivity contribution in [1.82, 2.24) is 5.32 Å². The number of halogens is 3. The Balaban J connectivity index is 2.06. The zero-order valence-corrected chi connectivity index (χ0v) is 11.5. The van der Waals surface area contributed by atoms with Gasteiger partial charge >= 0.3 is 12.1 Å². The summed E-state index contributed by atoms with van der Waals surface area (Å²) >= 11 is 0. The van der Waals surface area contributed by atoms with Gasteiger partial charge in [-0.1, -0.05) is 12.1 Å². The predicted octanol–water partition coefficient (Wildman–Crippen LogP) is 2.89. The Morgan fingerprint density at radius 1 is 1.18 bits per heavy atom. The number of aliphatic carboxylic acids is 1. The number of carbonyl (C=O) groups excluding carboxylic acids is 1. The van der Waals surface area contributed by atoms with E-state index in [1.165, 1.54) is 12.1 Å². The van der Waals surface area contributed by atoms with E-state index >= 15 is 0 Å². The maximum atomic E-state index is 12.6. The molecule has 1 amide bonds. The van der Waals surface area contributed by atoms with Crippen molar-refractivity contribution in [3.8, 4) is 0 Å². The second-order valence-corrected chi connectivity index (χ2v) is 5.00. The minimum atomic E-state index is -4.44. The first kappa shape index (κ1) is 16.1. The number of amides is 1. The number of nitrogens with one attached hydrogen (secondary N) is 1. The fraction of sp³-hybridized carbons (Fsp3) is 0.333. The molecule has 1 aliphatic rings. The van der Waals surface area contributed by atoms with Crippen molar-refractivity contribution in [1.29, 1.82) is 0 Å². The van der Waals surface area contributed by atoms with Gasteiger partial charge in [0.1, 0.15) is 0 Å². The molecule has 0 aromatic heterocycles. The Morgan fingerprint density at radius 3 is 2.50 bits per heavy atom. The number of benzene rings is 1. The van der Waals surface area contributed by atoms with Crippen molar-refractivity contribution in [2.24, 2.45) is 0 Å². The van der Waals surface area contributed by atoms with E-state index in [2.05, 4.69) is 5.32 Å². The van der Waals surface area contributed by atoms with Gasteiger partial charge in [0.05, 0.1) is 5.56 Å². The van der Waals surface area contributed by atoms with Gasteiger partial charge in [0, 0.05) is 17.7 Å². The number of hydrogen-bond acceptors (Lipinski definition) is 2. The lowest BCUT2D eigenvalue weighted by Crippen LogP contribution is -2.25. The molecule has 0 atom stereocenters. The summed E-state index contributed by atoms with van der Waals surface area (Å²) in [6, 6.07) is 4.65. The van der Waals surface area contributed by atoms with Crippen LogP contribution in [0.15, 0.2) is 35.4 Å². The van der Waals surface area contributed by atoms with Crippen LogP contribution < -0.4 is 5.32 Å². The quantitative estimate of drug-likeness (QED) is 0.898. The molecule has 0 saturated carbocycles. The number of rotatable bonds is 4. The van der Waals surface area contributed by atoms with Gasteiger partial charge in [0.15, 0.2) is 0 Å². The average Bonchev–Trinajstić information content (AvgIpc) is 2.94. The summed E-state index contributed by atoms with van der Waals surface area (Å²) in [6.45, 7) is -0.0842. The largest absolute Gasteiger partial charge is 0.478 e. The van der Waals surface area contributed by atoms with E-state index < -0.39 is 23.6 Å². The van der Waals surface area contributed by atoms with Crippen molar-refractivity contribution in [2.75, 3.05) is 0 Å². The highest BCUT2D eigenvalue weighted by atomic mass is 19.4. The number of carboxylic acid groups (broad SMARTS) is 1. The van der Waals surface area contributed by atoms with Gasteiger partial charge in [-0.2, -0.15) is 13.2 Å². The smallest absolute Gasteiger partial charge is 0.416 e. The van der Waals surface area contributed by atoms with Gasteiger partial charge in [0.25, 0.3) is 0 Å². The number of hydrogen-bond donors (Lipinski definition) is 2. The monoisotopic (exact) mass is 313 g/mol. The zero-order chi connectivity index (χ0) is 16.3. The molecule has 0 spiro atoms. The SMILES string of the molecule is O=C(O)C1=C(C(=O)NCc2cccc(C(F)(F)F)c2)CCC1. The van der Waals surface area contributed by atoms with Gasteiger partial charge in [0.2, 0.25) is 5.91 Å². The van der Waals surface area contributed by atoms with Gasteiger partial charge in [-0.3, -0.25) is 4.79 Å². The van der Waals surface area contributed by atoms with Gasteiger partial charge in [-0.15, -0.1) is 0 Å². The predicted molar refractivity (Wildman–Crippen MR) is 71.8 cm³/mol. The van der Waals surface area contributed by atoms with Crippen LogP contribution in [-0.4, -0.2) is 17.0 Å². The molecule has 0 saturated heterocycles.